The first-order chi connectivity index (χ1) is 16.0. The summed E-state index contributed by atoms with van der Waals surface area (Å²) in [6, 6.07) is 18.0. The monoisotopic (exact) mass is 494 g/mol. The third-order valence-corrected chi connectivity index (χ3v) is 6.13. The van der Waals surface area contributed by atoms with Crippen molar-refractivity contribution in [3.63, 3.8) is 0 Å². The van der Waals surface area contributed by atoms with Gasteiger partial charge in [0, 0.05) is 16.1 Å². The minimum atomic E-state index is -0.459. The van der Waals surface area contributed by atoms with Crippen LogP contribution in [0.15, 0.2) is 65.1 Å². The number of halogens is 1. The molecular formula is C22H15ClN6O2S2. The van der Waals surface area contributed by atoms with Crippen molar-refractivity contribution in [2.45, 2.75) is 6.92 Å². The molecule has 33 heavy (non-hydrogen) atoms. The number of rotatable bonds is 4. The van der Waals surface area contributed by atoms with Crippen molar-refractivity contribution in [1.82, 2.24) is 25.1 Å². The zero-order chi connectivity index (χ0) is 22.9. The molecule has 0 bridgehead atoms. The van der Waals surface area contributed by atoms with E-state index in [9.17, 15) is 4.79 Å². The highest BCUT2D eigenvalue weighted by Gasteiger charge is 2.17. The molecule has 0 aliphatic carbocycles. The average Bonchev–Trinajstić information content (AvgIpc) is 3.53. The van der Waals surface area contributed by atoms with E-state index in [0.29, 0.717) is 27.3 Å². The van der Waals surface area contributed by atoms with Gasteiger partial charge < -0.3 is 9.73 Å². The summed E-state index contributed by atoms with van der Waals surface area (Å²) in [5.74, 6) is 0.942. The van der Waals surface area contributed by atoms with Gasteiger partial charge in [0.25, 0.3) is 5.91 Å². The van der Waals surface area contributed by atoms with E-state index in [4.69, 9.17) is 28.2 Å². The van der Waals surface area contributed by atoms with Gasteiger partial charge in [-0.05, 0) is 67.7 Å². The molecule has 5 rings (SSSR count). The van der Waals surface area contributed by atoms with Crippen LogP contribution in [-0.4, -0.2) is 30.8 Å². The summed E-state index contributed by atoms with van der Waals surface area (Å²) in [5, 5.41) is 19.9. The first kappa shape index (κ1) is 21.3. The van der Waals surface area contributed by atoms with Gasteiger partial charge in [-0.25, -0.2) is 0 Å². The minimum absolute atomic E-state index is 0.135. The van der Waals surface area contributed by atoms with Crippen LogP contribution < -0.4 is 10.6 Å². The van der Waals surface area contributed by atoms with E-state index in [-0.39, 0.29) is 10.9 Å². The summed E-state index contributed by atoms with van der Waals surface area (Å²) >= 11 is 12.7. The number of benzene rings is 2. The summed E-state index contributed by atoms with van der Waals surface area (Å²) in [7, 11) is 0. The average molecular weight is 495 g/mol. The van der Waals surface area contributed by atoms with Gasteiger partial charge in [-0.2, -0.15) is 9.61 Å². The molecule has 164 valence electrons. The Morgan fingerprint density at radius 1 is 1.09 bits per heavy atom. The van der Waals surface area contributed by atoms with Crippen LogP contribution in [-0.2, 0) is 0 Å². The zero-order valence-corrected chi connectivity index (χ0v) is 19.5. The first-order valence-corrected chi connectivity index (χ1v) is 11.3. The first-order valence-electron chi connectivity index (χ1n) is 9.74. The summed E-state index contributed by atoms with van der Waals surface area (Å²) in [4.78, 5) is 13.3. The number of nitrogens with zero attached hydrogens (tertiary/aromatic N) is 4. The Labute approximate surface area is 202 Å². The van der Waals surface area contributed by atoms with Crippen molar-refractivity contribution >= 4 is 56.8 Å². The lowest BCUT2D eigenvalue weighted by molar-refractivity contribution is 0.0951. The quantitative estimate of drug-likeness (QED) is 0.331. The molecular weight excluding hydrogens is 480 g/mol. The Hall–Kier alpha value is -3.60. The lowest BCUT2D eigenvalue weighted by Crippen LogP contribution is -2.34. The molecule has 0 aliphatic heterocycles. The van der Waals surface area contributed by atoms with Crippen LogP contribution in [0.4, 0.5) is 5.69 Å². The van der Waals surface area contributed by atoms with Crippen LogP contribution in [0.3, 0.4) is 0 Å². The fraction of sp³-hybridized carbons (Fsp3) is 0.0455. The number of carbonyl (C=O) groups is 1. The maximum Gasteiger partial charge on any atom is 0.293 e. The van der Waals surface area contributed by atoms with E-state index in [1.165, 1.54) is 11.3 Å². The van der Waals surface area contributed by atoms with Gasteiger partial charge in [0.15, 0.2) is 16.7 Å². The number of amides is 1. The summed E-state index contributed by atoms with van der Waals surface area (Å²) in [5.41, 5.74) is 2.34. The number of aromatic nitrogens is 4. The van der Waals surface area contributed by atoms with Gasteiger partial charge in [-0.15, -0.1) is 10.2 Å². The van der Waals surface area contributed by atoms with Gasteiger partial charge in [-0.1, -0.05) is 35.1 Å². The third-order valence-electron chi connectivity index (χ3n) is 4.74. The maximum absolute atomic E-state index is 12.6. The molecule has 0 radical (unpaired) electrons. The van der Waals surface area contributed by atoms with Gasteiger partial charge in [0.05, 0.1) is 5.69 Å². The van der Waals surface area contributed by atoms with E-state index < -0.39 is 5.91 Å². The normalized spacial score (nSPS) is 11.0. The number of furan rings is 1. The zero-order valence-electron chi connectivity index (χ0n) is 17.1. The van der Waals surface area contributed by atoms with Crippen LogP contribution >= 0.6 is 35.2 Å². The van der Waals surface area contributed by atoms with Gasteiger partial charge >= 0.3 is 0 Å². The topological polar surface area (TPSA) is 97.3 Å². The van der Waals surface area contributed by atoms with E-state index in [1.54, 1.807) is 28.8 Å². The minimum Gasteiger partial charge on any atom is -0.451 e. The Balaban J connectivity index is 1.31. The Morgan fingerprint density at radius 2 is 1.88 bits per heavy atom. The Morgan fingerprint density at radius 3 is 2.67 bits per heavy atom. The molecule has 0 spiro atoms. The van der Waals surface area contributed by atoms with Crippen LogP contribution in [0.25, 0.3) is 26.9 Å². The molecule has 0 aliphatic rings. The number of thiocarbonyl (C=S) groups is 1. The van der Waals surface area contributed by atoms with Crippen molar-refractivity contribution in [2.24, 2.45) is 0 Å². The highest BCUT2D eigenvalue weighted by Crippen LogP contribution is 2.31. The molecule has 0 atom stereocenters. The van der Waals surface area contributed by atoms with Crippen LogP contribution in [0.5, 0.6) is 0 Å². The van der Waals surface area contributed by atoms with Crippen LogP contribution in [0.1, 0.15) is 16.4 Å². The Bertz CT molecular complexity index is 1490. The number of carbonyl (C=O) groups excluding carboxylic acids is 1. The summed E-state index contributed by atoms with van der Waals surface area (Å²) in [6.07, 6.45) is 0. The van der Waals surface area contributed by atoms with Crippen LogP contribution in [0.2, 0.25) is 5.02 Å². The SMILES string of the molecule is Cc1nnc2sc(-c3ccccc3NC(=S)NC(=O)c3ccc(-c4ccc(Cl)cc4)o3)nn12. The molecule has 0 unspecified atom stereocenters. The second-order valence-corrected chi connectivity index (χ2v) is 8.77. The standard InChI is InChI=1S/C22H15ClN6O2S2/c1-12-26-27-22-29(12)28-20(33-22)15-4-2-3-5-16(15)24-21(32)25-19(30)18-11-10-17(31-18)13-6-8-14(23)9-7-13/h2-11H,1H3,(H2,24,25,30,32). The highest BCUT2D eigenvalue weighted by atomic mass is 35.5. The number of anilines is 1. The van der Waals surface area contributed by atoms with Crippen LogP contribution in [0, 0.1) is 6.92 Å². The fourth-order valence-electron chi connectivity index (χ4n) is 3.15. The summed E-state index contributed by atoms with van der Waals surface area (Å²) in [6.45, 7) is 1.84. The molecule has 5 aromatic rings. The molecule has 1 amide bonds. The summed E-state index contributed by atoms with van der Waals surface area (Å²) < 4.78 is 7.37. The van der Waals surface area contributed by atoms with E-state index in [0.717, 1.165) is 16.1 Å². The van der Waals surface area contributed by atoms with E-state index >= 15 is 0 Å². The lowest BCUT2D eigenvalue weighted by atomic mass is 10.2. The largest absolute Gasteiger partial charge is 0.451 e. The Kier molecular flexibility index (Phi) is 5.63. The predicted molar refractivity (Wildman–Crippen MR) is 132 cm³/mol. The third kappa shape index (κ3) is 4.36. The van der Waals surface area contributed by atoms with Crippen molar-refractivity contribution in [2.75, 3.05) is 5.32 Å². The number of hydrogen-bond acceptors (Lipinski definition) is 7. The second kappa shape index (κ2) is 8.74. The second-order valence-electron chi connectivity index (χ2n) is 6.97. The molecule has 2 aromatic carbocycles. The molecule has 0 saturated heterocycles. The smallest absolute Gasteiger partial charge is 0.293 e. The lowest BCUT2D eigenvalue weighted by Gasteiger charge is -2.11. The van der Waals surface area contributed by atoms with Gasteiger partial charge in [0.1, 0.15) is 10.8 Å². The number of hydrogen-bond donors (Lipinski definition) is 2. The van der Waals surface area contributed by atoms with Gasteiger partial charge in [0.2, 0.25) is 4.96 Å². The molecule has 2 N–H and O–H groups in total. The van der Waals surface area contributed by atoms with E-state index in [1.807, 2.05) is 43.3 Å². The van der Waals surface area contributed by atoms with Crippen molar-refractivity contribution in [3.8, 4) is 21.9 Å². The fourth-order valence-corrected chi connectivity index (χ4v) is 4.40. The van der Waals surface area contributed by atoms with Crippen molar-refractivity contribution in [3.05, 3.63) is 77.3 Å². The number of para-hydroxylation sites is 1. The molecule has 3 aromatic heterocycles. The highest BCUT2D eigenvalue weighted by molar-refractivity contribution is 7.80. The van der Waals surface area contributed by atoms with Crippen molar-refractivity contribution in [1.29, 1.82) is 0 Å². The molecule has 0 fully saturated rings. The van der Waals surface area contributed by atoms with E-state index in [2.05, 4.69) is 25.9 Å². The van der Waals surface area contributed by atoms with Crippen molar-refractivity contribution < 1.29 is 9.21 Å². The molecule has 11 heteroatoms. The number of aryl methyl sites for hydroxylation is 1. The predicted octanol–water partition coefficient (Wildman–Crippen LogP) is 5.20. The molecule has 0 saturated carbocycles. The van der Waals surface area contributed by atoms with Gasteiger partial charge in [-0.3, -0.25) is 10.1 Å². The number of nitrogens with one attached hydrogen (secondary N) is 2. The maximum atomic E-state index is 12.6. The number of fused-ring (bicyclic) bond motifs is 1. The molecule has 8 nitrogen and oxygen atoms in total. The molecule has 3 heterocycles.